The number of alkyl halides is 2. The third kappa shape index (κ3) is 1.67. The predicted octanol–water partition coefficient (Wildman–Crippen LogP) is 2.32. The molecule has 1 aliphatic rings. The summed E-state index contributed by atoms with van der Waals surface area (Å²) in [5, 5.41) is 0. The fourth-order valence-electron chi connectivity index (χ4n) is 2.47. The second kappa shape index (κ2) is 3.70. The maximum atomic E-state index is 13.0. The highest BCUT2D eigenvalue weighted by Gasteiger charge is 2.57. The van der Waals surface area contributed by atoms with E-state index in [1.807, 2.05) is 18.2 Å². The van der Waals surface area contributed by atoms with Crippen molar-refractivity contribution in [3.8, 4) is 5.75 Å². The number of hydrogen-bond donors (Lipinski definition) is 1. The van der Waals surface area contributed by atoms with Crippen molar-refractivity contribution in [3.05, 3.63) is 29.8 Å². The Balaban J connectivity index is 2.35. The lowest BCUT2D eigenvalue weighted by Crippen LogP contribution is -2.53. The average Bonchev–Trinajstić information content (AvgIpc) is 2.25. The SMILES string of the molecule is COc1ccccc1C1(CN)CC(F)(F)C1. The Morgan fingerprint density at radius 3 is 2.44 bits per heavy atom. The maximum Gasteiger partial charge on any atom is 0.250 e. The summed E-state index contributed by atoms with van der Waals surface area (Å²) >= 11 is 0. The van der Waals surface area contributed by atoms with Crippen LogP contribution < -0.4 is 10.5 Å². The first-order valence-electron chi connectivity index (χ1n) is 5.24. The van der Waals surface area contributed by atoms with Crippen LogP contribution in [0.3, 0.4) is 0 Å². The van der Waals surface area contributed by atoms with Gasteiger partial charge < -0.3 is 10.5 Å². The molecule has 1 saturated carbocycles. The number of halogens is 2. The molecular formula is C12H15F2NO. The summed E-state index contributed by atoms with van der Waals surface area (Å²) in [6.07, 6.45) is -0.367. The minimum Gasteiger partial charge on any atom is -0.496 e. The van der Waals surface area contributed by atoms with E-state index in [0.29, 0.717) is 5.75 Å². The molecule has 0 bridgehead atoms. The summed E-state index contributed by atoms with van der Waals surface area (Å²) in [5.74, 6) is -1.94. The number of methoxy groups -OCH3 is 1. The van der Waals surface area contributed by atoms with E-state index >= 15 is 0 Å². The van der Waals surface area contributed by atoms with E-state index in [1.54, 1.807) is 13.2 Å². The minimum atomic E-state index is -2.58. The van der Waals surface area contributed by atoms with Crippen LogP contribution in [0.2, 0.25) is 0 Å². The first kappa shape index (κ1) is 11.3. The molecule has 0 radical (unpaired) electrons. The lowest BCUT2D eigenvalue weighted by atomic mass is 9.62. The molecular weight excluding hydrogens is 212 g/mol. The van der Waals surface area contributed by atoms with Crippen molar-refractivity contribution in [2.45, 2.75) is 24.2 Å². The zero-order valence-corrected chi connectivity index (χ0v) is 9.17. The lowest BCUT2D eigenvalue weighted by molar-refractivity contribution is -0.124. The molecule has 4 heteroatoms. The van der Waals surface area contributed by atoms with Gasteiger partial charge in [0, 0.05) is 30.4 Å². The highest BCUT2D eigenvalue weighted by molar-refractivity contribution is 5.42. The van der Waals surface area contributed by atoms with Gasteiger partial charge >= 0.3 is 0 Å². The second-order valence-electron chi connectivity index (χ2n) is 4.39. The molecule has 0 aromatic heterocycles. The largest absolute Gasteiger partial charge is 0.496 e. The van der Waals surface area contributed by atoms with Gasteiger partial charge in [-0.15, -0.1) is 0 Å². The Hall–Kier alpha value is -1.16. The first-order valence-corrected chi connectivity index (χ1v) is 5.24. The Kier molecular flexibility index (Phi) is 2.62. The van der Waals surface area contributed by atoms with Crippen molar-refractivity contribution in [1.29, 1.82) is 0 Å². The molecule has 0 heterocycles. The molecule has 2 rings (SSSR count). The highest BCUT2D eigenvalue weighted by Crippen LogP contribution is 2.54. The number of nitrogens with two attached hydrogens (primary N) is 1. The van der Waals surface area contributed by atoms with Gasteiger partial charge in [-0.05, 0) is 6.07 Å². The van der Waals surface area contributed by atoms with Crippen LogP contribution in [0.1, 0.15) is 18.4 Å². The normalized spacial score (nSPS) is 21.2. The van der Waals surface area contributed by atoms with E-state index in [9.17, 15) is 8.78 Å². The zero-order chi connectivity index (χ0) is 11.8. The van der Waals surface area contributed by atoms with Gasteiger partial charge in [-0.3, -0.25) is 0 Å². The summed E-state index contributed by atoms with van der Waals surface area (Å²) in [5.41, 5.74) is 5.84. The molecule has 2 nitrogen and oxygen atoms in total. The quantitative estimate of drug-likeness (QED) is 0.860. The van der Waals surface area contributed by atoms with Gasteiger partial charge in [-0.25, -0.2) is 8.78 Å². The number of hydrogen-bond acceptors (Lipinski definition) is 2. The fraction of sp³-hybridized carbons (Fsp3) is 0.500. The lowest BCUT2D eigenvalue weighted by Gasteiger charge is -2.47. The molecule has 1 aromatic carbocycles. The monoisotopic (exact) mass is 227 g/mol. The van der Waals surface area contributed by atoms with Gasteiger partial charge in [-0.2, -0.15) is 0 Å². The predicted molar refractivity (Wildman–Crippen MR) is 57.9 cm³/mol. The number of para-hydroxylation sites is 1. The van der Waals surface area contributed by atoms with Gasteiger partial charge in [-0.1, -0.05) is 18.2 Å². The van der Waals surface area contributed by atoms with Crippen LogP contribution in [-0.2, 0) is 5.41 Å². The van der Waals surface area contributed by atoms with Crippen LogP contribution in [0.4, 0.5) is 8.78 Å². The number of rotatable bonds is 3. The summed E-state index contributed by atoms with van der Waals surface area (Å²) in [6, 6.07) is 7.25. The van der Waals surface area contributed by atoms with Gasteiger partial charge in [0.05, 0.1) is 7.11 Å². The van der Waals surface area contributed by atoms with Crippen molar-refractivity contribution in [1.82, 2.24) is 0 Å². The van der Waals surface area contributed by atoms with Crippen LogP contribution in [0, 0.1) is 0 Å². The molecule has 0 unspecified atom stereocenters. The molecule has 1 aromatic rings. The van der Waals surface area contributed by atoms with E-state index in [-0.39, 0.29) is 19.4 Å². The molecule has 0 saturated heterocycles. The summed E-state index contributed by atoms with van der Waals surface area (Å²) in [6.45, 7) is 0.225. The molecule has 2 N–H and O–H groups in total. The van der Waals surface area contributed by atoms with Crippen LogP contribution >= 0.6 is 0 Å². The Bertz CT molecular complexity index is 384. The van der Waals surface area contributed by atoms with E-state index in [4.69, 9.17) is 10.5 Å². The summed E-state index contributed by atoms with van der Waals surface area (Å²) in [4.78, 5) is 0. The average molecular weight is 227 g/mol. The highest BCUT2D eigenvalue weighted by atomic mass is 19.3. The molecule has 0 spiro atoms. The Morgan fingerprint density at radius 1 is 1.31 bits per heavy atom. The number of benzene rings is 1. The Labute approximate surface area is 93.4 Å². The van der Waals surface area contributed by atoms with E-state index in [0.717, 1.165) is 5.56 Å². The van der Waals surface area contributed by atoms with E-state index < -0.39 is 11.3 Å². The van der Waals surface area contributed by atoms with E-state index in [2.05, 4.69) is 0 Å². The van der Waals surface area contributed by atoms with Crippen LogP contribution in [0.15, 0.2) is 24.3 Å². The van der Waals surface area contributed by atoms with Crippen molar-refractivity contribution >= 4 is 0 Å². The van der Waals surface area contributed by atoms with Gasteiger partial charge in [0.15, 0.2) is 0 Å². The van der Waals surface area contributed by atoms with Gasteiger partial charge in [0.2, 0.25) is 5.92 Å². The van der Waals surface area contributed by atoms with Crippen molar-refractivity contribution in [2.75, 3.05) is 13.7 Å². The third-order valence-corrected chi connectivity index (χ3v) is 3.26. The van der Waals surface area contributed by atoms with Crippen LogP contribution in [-0.4, -0.2) is 19.6 Å². The van der Waals surface area contributed by atoms with E-state index in [1.165, 1.54) is 0 Å². The second-order valence-corrected chi connectivity index (χ2v) is 4.39. The van der Waals surface area contributed by atoms with Crippen molar-refractivity contribution in [2.24, 2.45) is 5.73 Å². The molecule has 16 heavy (non-hydrogen) atoms. The summed E-state index contributed by atoms with van der Waals surface area (Å²) in [7, 11) is 1.54. The maximum absolute atomic E-state index is 13.0. The topological polar surface area (TPSA) is 35.2 Å². The zero-order valence-electron chi connectivity index (χ0n) is 9.17. The first-order chi connectivity index (χ1) is 7.53. The standard InChI is InChI=1S/C12H15F2NO/c1-16-10-5-3-2-4-9(10)11(8-15)6-12(13,14)7-11/h2-5H,6-8,15H2,1H3. The smallest absolute Gasteiger partial charge is 0.250 e. The molecule has 1 fully saturated rings. The van der Waals surface area contributed by atoms with Crippen molar-refractivity contribution < 1.29 is 13.5 Å². The fourth-order valence-corrected chi connectivity index (χ4v) is 2.47. The summed E-state index contributed by atoms with van der Waals surface area (Å²) < 4.78 is 31.3. The van der Waals surface area contributed by atoms with Gasteiger partial charge in [0.1, 0.15) is 5.75 Å². The molecule has 0 amide bonds. The molecule has 88 valence electrons. The van der Waals surface area contributed by atoms with Gasteiger partial charge in [0.25, 0.3) is 0 Å². The molecule has 0 aliphatic heterocycles. The molecule has 1 aliphatic carbocycles. The third-order valence-electron chi connectivity index (χ3n) is 3.26. The van der Waals surface area contributed by atoms with Crippen LogP contribution in [0.25, 0.3) is 0 Å². The number of ether oxygens (including phenoxy) is 1. The Morgan fingerprint density at radius 2 is 1.94 bits per heavy atom. The molecule has 0 atom stereocenters. The van der Waals surface area contributed by atoms with Crippen molar-refractivity contribution in [3.63, 3.8) is 0 Å². The van der Waals surface area contributed by atoms with Crippen LogP contribution in [0.5, 0.6) is 5.75 Å². The minimum absolute atomic E-state index is 0.184.